The number of allylic oxidation sites excluding steroid dienone is 1. The highest BCUT2D eigenvalue weighted by Crippen LogP contribution is 2.66. The van der Waals surface area contributed by atoms with Gasteiger partial charge in [0.1, 0.15) is 0 Å². The molecule has 3 fully saturated rings. The number of fused-ring (bicyclic) bond motifs is 3. The zero-order valence-corrected chi connectivity index (χ0v) is 14.5. The van der Waals surface area contributed by atoms with Gasteiger partial charge in [0.05, 0.1) is 5.41 Å². The molecule has 0 aromatic heterocycles. The van der Waals surface area contributed by atoms with E-state index in [4.69, 9.17) is 0 Å². The standard InChI is InChI=1S/C20H32O2/c1-5-18(2)11-6-8-15-14(18)9-10-16-19(15,3)12-7-13-20(16,4)17(21)22/h5,14-16H,1,6-13H2,2-4H3,(H,21,22). The molecule has 22 heavy (non-hydrogen) atoms. The molecule has 0 aliphatic heterocycles. The molecule has 2 heteroatoms. The lowest BCUT2D eigenvalue weighted by atomic mass is 9.41. The number of rotatable bonds is 2. The van der Waals surface area contributed by atoms with Crippen LogP contribution in [0.5, 0.6) is 0 Å². The van der Waals surface area contributed by atoms with E-state index in [1.54, 1.807) is 0 Å². The van der Waals surface area contributed by atoms with Gasteiger partial charge < -0.3 is 5.11 Å². The van der Waals surface area contributed by atoms with Crippen LogP contribution in [0.2, 0.25) is 0 Å². The first-order chi connectivity index (χ1) is 10.3. The summed E-state index contributed by atoms with van der Waals surface area (Å²) in [7, 11) is 0. The highest BCUT2D eigenvalue weighted by molar-refractivity contribution is 5.75. The minimum absolute atomic E-state index is 0.207. The van der Waals surface area contributed by atoms with Crippen LogP contribution in [0.15, 0.2) is 12.7 Å². The summed E-state index contributed by atoms with van der Waals surface area (Å²) in [5.74, 6) is 1.17. The fourth-order valence-corrected chi connectivity index (χ4v) is 6.73. The summed E-state index contributed by atoms with van der Waals surface area (Å²) in [6.45, 7) is 11.0. The Bertz CT molecular complexity index is 484. The highest BCUT2D eigenvalue weighted by Gasteiger charge is 2.61. The smallest absolute Gasteiger partial charge is 0.309 e. The predicted molar refractivity (Wildman–Crippen MR) is 89.6 cm³/mol. The van der Waals surface area contributed by atoms with E-state index >= 15 is 0 Å². The summed E-state index contributed by atoms with van der Waals surface area (Å²) in [6.07, 6.45) is 11.4. The maximum Gasteiger partial charge on any atom is 0.309 e. The summed E-state index contributed by atoms with van der Waals surface area (Å²) in [6, 6.07) is 0. The molecule has 0 heterocycles. The second-order valence-electron chi connectivity index (χ2n) is 9.03. The summed E-state index contributed by atoms with van der Waals surface area (Å²) < 4.78 is 0. The molecule has 0 amide bonds. The van der Waals surface area contributed by atoms with Crippen molar-refractivity contribution in [1.29, 1.82) is 0 Å². The maximum atomic E-state index is 12.0. The van der Waals surface area contributed by atoms with Gasteiger partial charge in [0.25, 0.3) is 0 Å². The molecule has 1 N–H and O–H groups in total. The average Bonchev–Trinajstić information content (AvgIpc) is 2.47. The minimum Gasteiger partial charge on any atom is -0.481 e. The monoisotopic (exact) mass is 304 g/mol. The SMILES string of the molecule is C=CC1(C)CCCC2C1CCC1C(C)(C(=O)O)CCCC21C. The Hall–Kier alpha value is -0.790. The second kappa shape index (κ2) is 5.11. The van der Waals surface area contributed by atoms with Crippen molar-refractivity contribution in [3.05, 3.63) is 12.7 Å². The predicted octanol–water partition coefficient (Wildman–Crippen LogP) is 5.29. The first-order valence-electron chi connectivity index (χ1n) is 9.15. The first kappa shape index (κ1) is 16.1. The second-order valence-corrected chi connectivity index (χ2v) is 9.03. The zero-order chi connectivity index (χ0) is 16.2. The van der Waals surface area contributed by atoms with Crippen molar-refractivity contribution in [2.24, 2.45) is 34.0 Å². The first-order valence-corrected chi connectivity index (χ1v) is 9.15. The average molecular weight is 304 g/mol. The molecular formula is C20H32O2. The van der Waals surface area contributed by atoms with Crippen molar-refractivity contribution < 1.29 is 9.90 Å². The summed E-state index contributed by atoms with van der Waals surface area (Å²) >= 11 is 0. The lowest BCUT2D eigenvalue weighted by molar-refractivity contribution is -0.176. The molecule has 0 aromatic carbocycles. The highest BCUT2D eigenvalue weighted by atomic mass is 16.4. The van der Waals surface area contributed by atoms with Gasteiger partial charge in [-0.2, -0.15) is 0 Å². The van der Waals surface area contributed by atoms with Gasteiger partial charge in [0.15, 0.2) is 0 Å². The van der Waals surface area contributed by atoms with Gasteiger partial charge in [-0.15, -0.1) is 6.58 Å². The molecule has 0 spiro atoms. The molecular weight excluding hydrogens is 272 g/mol. The zero-order valence-electron chi connectivity index (χ0n) is 14.5. The van der Waals surface area contributed by atoms with Crippen molar-refractivity contribution in [2.45, 2.75) is 72.1 Å². The largest absolute Gasteiger partial charge is 0.481 e. The Morgan fingerprint density at radius 3 is 2.41 bits per heavy atom. The Morgan fingerprint density at radius 2 is 1.77 bits per heavy atom. The van der Waals surface area contributed by atoms with Crippen LogP contribution in [0.3, 0.4) is 0 Å². The van der Waals surface area contributed by atoms with Crippen LogP contribution in [0, 0.1) is 34.0 Å². The fourth-order valence-electron chi connectivity index (χ4n) is 6.73. The Morgan fingerprint density at radius 1 is 1.05 bits per heavy atom. The molecule has 6 atom stereocenters. The normalized spacial score (nSPS) is 51.5. The molecule has 2 nitrogen and oxygen atoms in total. The van der Waals surface area contributed by atoms with Crippen molar-refractivity contribution in [3.8, 4) is 0 Å². The Kier molecular flexibility index (Phi) is 3.73. The molecule has 6 unspecified atom stereocenters. The molecule has 3 aliphatic rings. The number of carboxylic acid groups (broad SMARTS) is 1. The van der Waals surface area contributed by atoms with Crippen LogP contribution in [0.4, 0.5) is 0 Å². The lowest BCUT2D eigenvalue weighted by Gasteiger charge is -2.63. The van der Waals surface area contributed by atoms with Crippen molar-refractivity contribution in [3.63, 3.8) is 0 Å². The van der Waals surface area contributed by atoms with E-state index < -0.39 is 11.4 Å². The van der Waals surface area contributed by atoms with E-state index in [-0.39, 0.29) is 10.8 Å². The molecule has 3 saturated carbocycles. The van der Waals surface area contributed by atoms with E-state index in [2.05, 4.69) is 26.5 Å². The fraction of sp³-hybridized carbons (Fsp3) is 0.850. The number of hydrogen-bond donors (Lipinski definition) is 1. The third kappa shape index (κ3) is 2.02. The number of aliphatic carboxylic acids is 1. The summed E-state index contributed by atoms with van der Waals surface area (Å²) in [5, 5.41) is 9.88. The van der Waals surface area contributed by atoms with Gasteiger partial charge in [0, 0.05) is 0 Å². The lowest BCUT2D eigenvalue weighted by Crippen LogP contribution is -2.57. The van der Waals surface area contributed by atoms with Crippen LogP contribution in [0.1, 0.15) is 72.1 Å². The van der Waals surface area contributed by atoms with Crippen LogP contribution in [-0.4, -0.2) is 11.1 Å². The van der Waals surface area contributed by atoms with E-state index in [9.17, 15) is 9.90 Å². The quantitative estimate of drug-likeness (QED) is 0.704. The molecule has 3 aliphatic carbocycles. The van der Waals surface area contributed by atoms with Gasteiger partial charge in [-0.05, 0) is 74.0 Å². The van der Waals surface area contributed by atoms with E-state index in [0.29, 0.717) is 17.8 Å². The third-order valence-corrected chi connectivity index (χ3v) is 8.11. The molecule has 124 valence electrons. The number of hydrogen-bond acceptors (Lipinski definition) is 1. The summed E-state index contributed by atoms with van der Waals surface area (Å²) in [5.41, 5.74) is -0.0486. The number of carbonyl (C=O) groups is 1. The van der Waals surface area contributed by atoms with E-state index in [1.165, 1.54) is 32.1 Å². The third-order valence-electron chi connectivity index (χ3n) is 8.11. The van der Waals surface area contributed by atoms with E-state index in [1.807, 2.05) is 6.92 Å². The van der Waals surface area contributed by atoms with Gasteiger partial charge in [-0.1, -0.05) is 32.8 Å². The van der Waals surface area contributed by atoms with Crippen molar-refractivity contribution >= 4 is 5.97 Å². The van der Waals surface area contributed by atoms with Crippen LogP contribution < -0.4 is 0 Å². The topological polar surface area (TPSA) is 37.3 Å². The summed E-state index contributed by atoms with van der Waals surface area (Å²) in [4.78, 5) is 12.0. The van der Waals surface area contributed by atoms with Gasteiger partial charge in [-0.25, -0.2) is 0 Å². The molecule has 0 bridgehead atoms. The van der Waals surface area contributed by atoms with Gasteiger partial charge >= 0.3 is 5.97 Å². The van der Waals surface area contributed by atoms with Gasteiger partial charge in [0.2, 0.25) is 0 Å². The number of carboxylic acids is 1. The molecule has 0 aromatic rings. The van der Waals surface area contributed by atoms with Crippen molar-refractivity contribution in [1.82, 2.24) is 0 Å². The van der Waals surface area contributed by atoms with Crippen LogP contribution in [-0.2, 0) is 4.79 Å². The molecule has 0 saturated heterocycles. The van der Waals surface area contributed by atoms with Crippen LogP contribution >= 0.6 is 0 Å². The van der Waals surface area contributed by atoms with Crippen LogP contribution in [0.25, 0.3) is 0 Å². The van der Waals surface area contributed by atoms with Gasteiger partial charge in [-0.3, -0.25) is 4.79 Å². The van der Waals surface area contributed by atoms with Crippen molar-refractivity contribution in [2.75, 3.05) is 0 Å². The maximum absolute atomic E-state index is 12.0. The Balaban J connectivity index is 1.99. The van der Waals surface area contributed by atoms with E-state index in [0.717, 1.165) is 19.3 Å². The molecule has 3 rings (SSSR count). The molecule has 0 radical (unpaired) electrons. The Labute approximate surface area is 135 Å². The minimum atomic E-state index is -0.566.